The molecular weight excluding hydrogens is 664 g/mol. The van der Waals surface area contributed by atoms with Crippen molar-refractivity contribution >= 4 is 20.9 Å². The van der Waals surface area contributed by atoms with Crippen LogP contribution in [0.15, 0.2) is 151 Å². The Kier molecular flexibility index (Phi) is 7.25. The molecule has 5 heterocycles. The van der Waals surface area contributed by atoms with Gasteiger partial charge in [0.05, 0.1) is 35.0 Å². The van der Waals surface area contributed by atoms with Gasteiger partial charge in [-0.25, -0.2) is 27.8 Å². The maximum absolute atomic E-state index is 13.9. The molecule has 51 heavy (non-hydrogen) atoms. The zero-order valence-corrected chi connectivity index (χ0v) is 27.9. The number of imidazole rings is 1. The predicted molar refractivity (Wildman–Crippen MR) is 192 cm³/mol. The van der Waals surface area contributed by atoms with Crippen molar-refractivity contribution in [3.8, 4) is 34.0 Å². The van der Waals surface area contributed by atoms with Gasteiger partial charge in [0, 0.05) is 23.5 Å². The van der Waals surface area contributed by atoms with Gasteiger partial charge >= 0.3 is 0 Å². The molecule has 4 aromatic carbocycles. The topological polar surface area (TPSA) is 109 Å². The van der Waals surface area contributed by atoms with Crippen LogP contribution in [-0.2, 0) is 15.4 Å². The Balaban J connectivity index is 1.19. The van der Waals surface area contributed by atoms with Crippen LogP contribution in [0.4, 0.5) is 4.39 Å². The second kappa shape index (κ2) is 12.0. The van der Waals surface area contributed by atoms with Crippen LogP contribution in [0.5, 0.6) is 0 Å². The molecule has 0 aliphatic carbocycles. The first-order chi connectivity index (χ1) is 24.9. The molecule has 0 spiro atoms. The van der Waals surface area contributed by atoms with E-state index >= 15 is 0 Å². The van der Waals surface area contributed by atoms with Gasteiger partial charge in [0.2, 0.25) is 5.71 Å². The van der Waals surface area contributed by atoms with Gasteiger partial charge in [0.15, 0.2) is 15.6 Å². The van der Waals surface area contributed by atoms with Crippen molar-refractivity contribution < 1.29 is 17.2 Å². The van der Waals surface area contributed by atoms with Crippen LogP contribution in [0.2, 0.25) is 0 Å². The molecule has 0 radical (unpaired) electrons. The summed E-state index contributed by atoms with van der Waals surface area (Å²) in [5.74, 6) is 0.134. The summed E-state index contributed by atoms with van der Waals surface area (Å²) in [6.45, 7) is 0. The van der Waals surface area contributed by atoms with E-state index in [1.807, 2.05) is 73.2 Å². The van der Waals surface area contributed by atoms with Gasteiger partial charge in [-0.2, -0.15) is 5.10 Å². The fraction of sp³-hybridized carbons (Fsp3) is 0.100. The number of rotatable bonds is 8. The summed E-state index contributed by atoms with van der Waals surface area (Å²) in [5.41, 5.74) is 5.80. The smallest absolute Gasteiger partial charge is 0.230 e. The quantitative estimate of drug-likeness (QED) is 0.151. The van der Waals surface area contributed by atoms with Crippen LogP contribution in [0, 0.1) is 5.82 Å². The highest BCUT2D eigenvalue weighted by Crippen LogP contribution is 2.42. The van der Waals surface area contributed by atoms with Crippen molar-refractivity contribution in [2.45, 2.75) is 11.6 Å². The third kappa shape index (κ3) is 5.24. The average Bonchev–Trinajstić information content (AvgIpc) is 3.92. The molecule has 0 atom stereocenters. The molecule has 0 unspecified atom stereocenters. The third-order valence-electron chi connectivity index (χ3n) is 9.50. The van der Waals surface area contributed by atoms with Crippen molar-refractivity contribution in [1.82, 2.24) is 29.3 Å². The SMILES string of the molecule is O=S1(=O)CC(n2cc(-c3ncnc4oc(-c5cn(C(c6ccccc6)(c6ccccc6)c6ccccc6)cn5)cc34)c(-c3ccc(F)cc3)n2)C1. The van der Waals surface area contributed by atoms with Gasteiger partial charge in [-0.15, -0.1) is 0 Å². The molecule has 1 aliphatic rings. The number of halogens is 1. The zero-order valence-electron chi connectivity index (χ0n) is 27.0. The summed E-state index contributed by atoms with van der Waals surface area (Å²) in [7, 11) is -3.10. The average molecular weight is 693 g/mol. The molecule has 11 heteroatoms. The fourth-order valence-corrected chi connectivity index (χ4v) is 8.46. The Labute approximate surface area is 292 Å². The van der Waals surface area contributed by atoms with E-state index in [4.69, 9.17) is 14.5 Å². The van der Waals surface area contributed by atoms with Crippen molar-refractivity contribution in [1.29, 1.82) is 0 Å². The van der Waals surface area contributed by atoms with Gasteiger partial charge in [-0.05, 0) is 47.0 Å². The zero-order chi connectivity index (χ0) is 34.6. The number of aromatic nitrogens is 6. The summed E-state index contributed by atoms with van der Waals surface area (Å²) >= 11 is 0. The van der Waals surface area contributed by atoms with Gasteiger partial charge < -0.3 is 8.98 Å². The minimum absolute atomic E-state index is 0.00507. The molecule has 1 aliphatic heterocycles. The summed E-state index contributed by atoms with van der Waals surface area (Å²) in [5, 5.41) is 5.42. The highest BCUT2D eigenvalue weighted by molar-refractivity contribution is 7.92. The number of hydrogen-bond acceptors (Lipinski definition) is 7. The molecule has 8 aromatic rings. The molecular formula is C40H29FN6O3S. The molecule has 0 saturated carbocycles. The number of fused-ring (bicyclic) bond motifs is 1. The van der Waals surface area contributed by atoms with E-state index < -0.39 is 15.4 Å². The highest BCUT2D eigenvalue weighted by Gasteiger charge is 2.39. The molecule has 0 N–H and O–H groups in total. The van der Waals surface area contributed by atoms with Gasteiger partial charge in [-0.1, -0.05) is 91.0 Å². The van der Waals surface area contributed by atoms with Gasteiger partial charge in [0.25, 0.3) is 0 Å². The van der Waals surface area contributed by atoms with E-state index in [0.29, 0.717) is 45.1 Å². The highest BCUT2D eigenvalue weighted by atomic mass is 32.2. The number of nitrogens with zero attached hydrogens (tertiary/aromatic N) is 6. The molecule has 9 nitrogen and oxygen atoms in total. The van der Waals surface area contributed by atoms with Crippen LogP contribution in [-0.4, -0.2) is 49.2 Å². The Bertz CT molecular complexity index is 2510. The molecule has 0 bridgehead atoms. The lowest BCUT2D eigenvalue weighted by atomic mass is 9.77. The lowest BCUT2D eigenvalue weighted by Crippen LogP contribution is -2.38. The molecule has 250 valence electrons. The second-order valence-corrected chi connectivity index (χ2v) is 14.8. The largest absolute Gasteiger partial charge is 0.436 e. The van der Waals surface area contributed by atoms with E-state index in [-0.39, 0.29) is 23.4 Å². The number of sulfone groups is 1. The van der Waals surface area contributed by atoms with E-state index in [1.54, 1.807) is 23.0 Å². The number of furan rings is 1. The first kappa shape index (κ1) is 30.8. The van der Waals surface area contributed by atoms with Gasteiger partial charge in [-0.3, -0.25) is 4.68 Å². The van der Waals surface area contributed by atoms with Gasteiger partial charge in [0.1, 0.15) is 29.1 Å². The summed E-state index contributed by atoms with van der Waals surface area (Å²) in [4.78, 5) is 14.0. The lowest BCUT2D eigenvalue weighted by Gasteiger charge is -2.37. The summed E-state index contributed by atoms with van der Waals surface area (Å²) in [6.07, 6.45) is 7.03. The van der Waals surface area contributed by atoms with E-state index in [2.05, 4.69) is 50.9 Å². The van der Waals surface area contributed by atoms with Crippen LogP contribution in [0.1, 0.15) is 22.7 Å². The first-order valence-corrected chi connectivity index (χ1v) is 18.2. The maximum atomic E-state index is 13.9. The third-order valence-corrected chi connectivity index (χ3v) is 11.3. The predicted octanol–water partition coefficient (Wildman–Crippen LogP) is 7.57. The fourth-order valence-electron chi connectivity index (χ4n) is 7.08. The number of benzene rings is 4. The van der Waals surface area contributed by atoms with Crippen molar-refractivity contribution in [2.24, 2.45) is 0 Å². The minimum atomic E-state index is -3.10. The maximum Gasteiger partial charge on any atom is 0.230 e. The molecule has 0 amide bonds. The van der Waals surface area contributed by atoms with E-state index in [1.165, 1.54) is 18.5 Å². The Morgan fingerprint density at radius 3 is 1.92 bits per heavy atom. The van der Waals surface area contributed by atoms with Crippen LogP contribution in [0.3, 0.4) is 0 Å². The van der Waals surface area contributed by atoms with Crippen molar-refractivity contribution in [3.05, 3.63) is 169 Å². The Hall–Kier alpha value is -6.20. The molecule has 9 rings (SSSR count). The Morgan fingerprint density at radius 2 is 1.33 bits per heavy atom. The molecule has 4 aromatic heterocycles. The standard InChI is InChI=1S/C40H29FN6O3S/c41-31-18-16-27(17-19-31)37-34(21-47(45-37)32-23-51(48,49)24-32)38-33-20-36(50-39(33)43-25-42-38)35-22-46(26-44-35)40(28-10-4-1-5-11-28,29-12-6-2-7-13-29)30-14-8-3-9-15-30/h1-22,25-26,32H,23-24H2. The van der Waals surface area contributed by atoms with Crippen LogP contribution < -0.4 is 0 Å². The molecule has 1 fully saturated rings. The second-order valence-electron chi connectivity index (χ2n) is 12.6. The van der Waals surface area contributed by atoms with Crippen molar-refractivity contribution in [2.75, 3.05) is 11.5 Å². The van der Waals surface area contributed by atoms with Crippen LogP contribution in [0.25, 0.3) is 45.1 Å². The van der Waals surface area contributed by atoms with E-state index in [9.17, 15) is 12.8 Å². The Morgan fingerprint density at radius 1 is 0.725 bits per heavy atom. The summed E-state index contributed by atoms with van der Waals surface area (Å²) < 4.78 is 48.1. The molecule has 1 saturated heterocycles. The van der Waals surface area contributed by atoms with Crippen molar-refractivity contribution in [3.63, 3.8) is 0 Å². The number of hydrogen-bond donors (Lipinski definition) is 0. The first-order valence-electron chi connectivity index (χ1n) is 16.4. The monoisotopic (exact) mass is 692 g/mol. The normalized spacial score (nSPS) is 14.5. The minimum Gasteiger partial charge on any atom is -0.436 e. The lowest BCUT2D eigenvalue weighted by molar-refractivity contribution is 0.474. The summed E-state index contributed by atoms with van der Waals surface area (Å²) in [6, 6.07) is 38.6. The van der Waals surface area contributed by atoms with Crippen LogP contribution >= 0.6 is 0 Å². The van der Waals surface area contributed by atoms with E-state index in [0.717, 1.165) is 16.7 Å².